The van der Waals surface area contributed by atoms with Crippen LogP contribution in [0.5, 0.6) is 0 Å². The topological polar surface area (TPSA) is 58.2 Å². The molecule has 0 aliphatic carbocycles. The lowest BCUT2D eigenvalue weighted by atomic mass is 10.1. The molecule has 5 heteroatoms. The van der Waals surface area contributed by atoms with Crippen LogP contribution < -0.4 is 0 Å². The summed E-state index contributed by atoms with van der Waals surface area (Å²) >= 11 is 1.49. The number of rotatable bonds is 4. The van der Waals surface area contributed by atoms with E-state index in [9.17, 15) is 10.1 Å². The molecule has 0 aliphatic heterocycles. The van der Waals surface area contributed by atoms with E-state index in [-0.39, 0.29) is 5.78 Å². The van der Waals surface area contributed by atoms with Crippen LogP contribution in [0.3, 0.4) is 0 Å². The third-order valence-corrected chi connectivity index (χ3v) is 4.69. The van der Waals surface area contributed by atoms with Crippen LogP contribution >= 0.6 is 11.8 Å². The first kappa shape index (κ1) is 14.6. The van der Waals surface area contributed by atoms with E-state index < -0.39 is 0 Å². The number of pyridine rings is 1. The average Bonchev–Trinajstić information content (AvgIpc) is 2.91. The Labute approximate surface area is 132 Å². The van der Waals surface area contributed by atoms with Gasteiger partial charge in [-0.25, -0.2) is 4.98 Å². The molecule has 0 saturated carbocycles. The molecule has 0 N–H and O–H groups in total. The maximum Gasteiger partial charge on any atom is 0.157 e. The lowest BCUT2D eigenvalue weighted by Crippen LogP contribution is -2.01. The van der Waals surface area contributed by atoms with Crippen LogP contribution in [0, 0.1) is 11.3 Å². The fraction of sp³-hybridized carbons (Fsp3) is 0.235. The van der Waals surface area contributed by atoms with Gasteiger partial charge in [0.05, 0.1) is 27.4 Å². The fourth-order valence-corrected chi connectivity index (χ4v) is 3.42. The molecule has 2 heterocycles. The lowest BCUT2D eigenvalue weighted by Gasteiger charge is -2.10. The van der Waals surface area contributed by atoms with Crippen molar-refractivity contribution in [1.82, 2.24) is 9.38 Å². The van der Waals surface area contributed by atoms with Gasteiger partial charge in [0.1, 0.15) is 11.9 Å². The van der Waals surface area contributed by atoms with Gasteiger partial charge in [0, 0.05) is 0 Å². The fourth-order valence-electron chi connectivity index (χ4n) is 2.53. The summed E-state index contributed by atoms with van der Waals surface area (Å²) in [7, 11) is 0. The summed E-state index contributed by atoms with van der Waals surface area (Å²) in [6, 6.07) is 12.1. The third kappa shape index (κ3) is 2.36. The molecular formula is C17H15N3OS. The van der Waals surface area contributed by atoms with Crippen molar-refractivity contribution in [2.45, 2.75) is 25.3 Å². The Hall–Kier alpha value is -2.32. The van der Waals surface area contributed by atoms with Gasteiger partial charge >= 0.3 is 0 Å². The van der Waals surface area contributed by atoms with Gasteiger partial charge in [-0.15, -0.1) is 11.8 Å². The van der Waals surface area contributed by atoms with Crippen molar-refractivity contribution in [3.8, 4) is 6.07 Å². The van der Waals surface area contributed by atoms with E-state index in [2.05, 4.69) is 11.1 Å². The van der Waals surface area contributed by atoms with Gasteiger partial charge in [-0.05, 0) is 37.1 Å². The second-order valence-corrected chi connectivity index (χ2v) is 6.09. The number of Topliss-reactive ketones (excluding diaryl/α,β-unsaturated/α-hetero) is 1. The average molecular weight is 309 g/mol. The summed E-state index contributed by atoms with van der Waals surface area (Å²) in [4.78, 5) is 16.0. The zero-order valence-electron chi connectivity index (χ0n) is 12.5. The van der Waals surface area contributed by atoms with Gasteiger partial charge in [0.25, 0.3) is 0 Å². The maximum atomic E-state index is 11.3. The van der Waals surface area contributed by atoms with Crippen LogP contribution in [-0.4, -0.2) is 20.9 Å². The van der Waals surface area contributed by atoms with Crippen molar-refractivity contribution < 1.29 is 4.79 Å². The normalized spacial score (nSPS) is 11.0. The third-order valence-electron chi connectivity index (χ3n) is 3.54. The number of hydrogen-bond acceptors (Lipinski definition) is 4. The molecular weight excluding hydrogens is 294 g/mol. The van der Waals surface area contributed by atoms with Crippen LogP contribution in [0.4, 0.5) is 0 Å². The molecule has 3 aromatic rings. The Kier molecular flexibility index (Phi) is 3.86. The number of para-hydroxylation sites is 2. The van der Waals surface area contributed by atoms with Crippen molar-refractivity contribution in [3.63, 3.8) is 0 Å². The molecule has 110 valence electrons. The zero-order chi connectivity index (χ0) is 15.7. The van der Waals surface area contributed by atoms with Crippen molar-refractivity contribution in [3.05, 3.63) is 41.5 Å². The monoisotopic (exact) mass is 309 g/mol. The summed E-state index contributed by atoms with van der Waals surface area (Å²) < 4.78 is 1.99. The minimum absolute atomic E-state index is 0.130. The maximum absolute atomic E-state index is 11.3. The van der Waals surface area contributed by atoms with Crippen molar-refractivity contribution in [2.24, 2.45) is 0 Å². The van der Waals surface area contributed by atoms with E-state index in [0.717, 1.165) is 28.0 Å². The predicted molar refractivity (Wildman–Crippen MR) is 88.2 cm³/mol. The first-order valence-electron chi connectivity index (χ1n) is 7.11. The molecule has 1 aromatic carbocycles. The molecule has 2 aromatic heterocycles. The predicted octanol–water partition coefficient (Wildman–Crippen LogP) is 3.60. The molecule has 0 fully saturated rings. The first-order valence-corrected chi connectivity index (χ1v) is 8.09. The molecule has 0 unspecified atom stereocenters. The summed E-state index contributed by atoms with van der Waals surface area (Å²) in [5.74, 6) is 0.543. The smallest absolute Gasteiger partial charge is 0.157 e. The van der Waals surface area contributed by atoms with Gasteiger partial charge in [0.15, 0.2) is 5.65 Å². The number of aromatic nitrogens is 2. The number of ketones is 1. The van der Waals surface area contributed by atoms with Gasteiger partial charge < -0.3 is 0 Å². The standard InChI is InChI=1S/C17H15N3OS/c1-3-12-8-16(22-10-11(2)21)20-15-7-5-4-6-14(15)19-17(20)13(12)9-18/h4-8H,3,10H2,1-2H3. The van der Waals surface area contributed by atoms with Crippen LogP contribution in [-0.2, 0) is 11.2 Å². The molecule has 0 atom stereocenters. The van der Waals surface area contributed by atoms with Crippen LogP contribution in [0.1, 0.15) is 25.0 Å². The highest BCUT2D eigenvalue weighted by atomic mass is 32.2. The Balaban J connectivity index is 2.37. The molecule has 0 aliphatic rings. The Morgan fingerprint density at radius 1 is 1.41 bits per heavy atom. The molecule has 0 bridgehead atoms. The van der Waals surface area contributed by atoms with E-state index in [1.165, 1.54) is 11.8 Å². The van der Waals surface area contributed by atoms with Crippen molar-refractivity contribution in [2.75, 3.05) is 5.75 Å². The van der Waals surface area contributed by atoms with E-state index in [0.29, 0.717) is 17.0 Å². The minimum atomic E-state index is 0.130. The molecule has 3 rings (SSSR count). The van der Waals surface area contributed by atoms with Crippen molar-refractivity contribution >= 4 is 34.2 Å². The quantitative estimate of drug-likeness (QED) is 0.691. The largest absolute Gasteiger partial charge is 0.299 e. The summed E-state index contributed by atoms with van der Waals surface area (Å²) in [5, 5.41) is 10.5. The Morgan fingerprint density at radius 3 is 2.86 bits per heavy atom. The summed E-state index contributed by atoms with van der Waals surface area (Å²) in [6.45, 7) is 3.61. The Morgan fingerprint density at radius 2 is 2.18 bits per heavy atom. The SMILES string of the molecule is CCc1cc(SCC(C)=O)n2c(nc3ccccc32)c1C#N. The molecule has 0 spiro atoms. The number of aryl methyl sites for hydroxylation is 1. The highest BCUT2D eigenvalue weighted by molar-refractivity contribution is 7.99. The number of carbonyl (C=O) groups is 1. The highest BCUT2D eigenvalue weighted by Crippen LogP contribution is 2.29. The van der Waals surface area contributed by atoms with Gasteiger partial charge in [-0.3, -0.25) is 9.20 Å². The van der Waals surface area contributed by atoms with E-state index in [1.54, 1.807) is 6.92 Å². The number of carbonyl (C=O) groups excluding carboxylic acids is 1. The summed E-state index contributed by atoms with van der Waals surface area (Å²) in [5.41, 5.74) is 4.08. The van der Waals surface area contributed by atoms with Crippen LogP contribution in [0.2, 0.25) is 0 Å². The second kappa shape index (κ2) is 5.82. The lowest BCUT2D eigenvalue weighted by molar-refractivity contribution is -0.114. The zero-order valence-corrected chi connectivity index (χ0v) is 13.3. The molecule has 0 amide bonds. The van der Waals surface area contributed by atoms with Gasteiger partial charge in [-0.2, -0.15) is 5.26 Å². The van der Waals surface area contributed by atoms with Crippen molar-refractivity contribution in [1.29, 1.82) is 5.26 Å². The Bertz CT molecular complexity index is 921. The van der Waals surface area contributed by atoms with E-state index >= 15 is 0 Å². The van der Waals surface area contributed by atoms with Crippen LogP contribution in [0.25, 0.3) is 16.7 Å². The number of benzene rings is 1. The number of nitrogens with zero attached hydrogens (tertiary/aromatic N) is 3. The minimum Gasteiger partial charge on any atom is -0.299 e. The molecule has 4 nitrogen and oxygen atoms in total. The number of nitriles is 1. The first-order chi connectivity index (χ1) is 10.7. The van der Waals surface area contributed by atoms with Gasteiger partial charge in [0.2, 0.25) is 0 Å². The molecule has 0 radical (unpaired) electrons. The summed E-state index contributed by atoms with van der Waals surface area (Å²) in [6.07, 6.45) is 0.760. The number of fused-ring (bicyclic) bond motifs is 3. The number of thioether (sulfide) groups is 1. The highest BCUT2D eigenvalue weighted by Gasteiger charge is 2.16. The number of hydrogen-bond donors (Lipinski definition) is 0. The number of imidazole rings is 1. The molecule has 0 saturated heterocycles. The van der Waals surface area contributed by atoms with E-state index in [1.807, 2.05) is 41.7 Å². The molecule has 22 heavy (non-hydrogen) atoms. The van der Waals surface area contributed by atoms with Gasteiger partial charge in [-0.1, -0.05) is 19.1 Å². The van der Waals surface area contributed by atoms with E-state index in [4.69, 9.17) is 0 Å². The second-order valence-electron chi connectivity index (χ2n) is 5.10. The van der Waals surface area contributed by atoms with Crippen LogP contribution in [0.15, 0.2) is 35.4 Å².